The number of carbonyl (C=O) groups is 1. The highest BCUT2D eigenvalue weighted by Gasteiger charge is 2.46. The molecule has 4 bridgehead atoms. The summed E-state index contributed by atoms with van der Waals surface area (Å²) >= 11 is 3.39. The number of benzene rings is 1. The summed E-state index contributed by atoms with van der Waals surface area (Å²) in [6.07, 6.45) is 6.60. The van der Waals surface area contributed by atoms with E-state index in [4.69, 9.17) is 0 Å². The molecule has 4 saturated carbocycles. The van der Waals surface area contributed by atoms with Crippen LogP contribution in [0.15, 0.2) is 33.8 Å². The van der Waals surface area contributed by atoms with Crippen molar-refractivity contribution in [1.29, 1.82) is 0 Å². The molecule has 0 atom stereocenters. The van der Waals surface area contributed by atoms with Crippen LogP contribution in [0.25, 0.3) is 0 Å². The van der Waals surface area contributed by atoms with Crippen molar-refractivity contribution in [3.05, 3.63) is 34.3 Å². The van der Waals surface area contributed by atoms with Crippen LogP contribution in [-0.4, -0.2) is 11.6 Å². The Kier molecular flexibility index (Phi) is 3.37. The number of rotatable bonds is 2. The minimum Gasteiger partial charge on any atom is -0.267 e. The maximum absolute atomic E-state index is 12.2. The van der Waals surface area contributed by atoms with E-state index in [0.29, 0.717) is 17.4 Å². The normalized spacial score (nSPS) is 33.1. The molecule has 4 heteroatoms. The van der Waals surface area contributed by atoms with Crippen LogP contribution in [0.4, 0.5) is 0 Å². The number of hydrogen-bond acceptors (Lipinski definition) is 2. The maximum atomic E-state index is 12.2. The van der Waals surface area contributed by atoms with Crippen molar-refractivity contribution in [2.45, 2.75) is 32.1 Å². The predicted molar refractivity (Wildman–Crippen MR) is 86.1 cm³/mol. The van der Waals surface area contributed by atoms with Crippen molar-refractivity contribution in [1.82, 2.24) is 5.43 Å². The minimum absolute atomic E-state index is 0.113. The van der Waals surface area contributed by atoms with Crippen LogP contribution >= 0.6 is 15.9 Å². The summed E-state index contributed by atoms with van der Waals surface area (Å²) in [5.74, 6) is 2.99. The van der Waals surface area contributed by atoms with Gasteiger partial charge in [-0.3, -0.25) is 4.79 Å². The summed E-state index contributed by atoms with van der Waals surface area (Å²) in [5.41, 5.74) is 4.70. The zero-order chi connectivity index (χ0) is 14.4. The highest BCUT2D eigenvalue weighted by Crippen LogP contribution is 2.52. The lowest BCUT2D eigenvalue weighted by Gasteiger charge is -2.50. The first-order valence-corrected chi connectivity index (χ1v) is 8.61. The summed E-state index contributed by atoms with van der Waals surface area (Å²) < 4.78 is 0.914. The molecule has 3 nitrogen and oxygen atoms in total. The van der Waals surface area contributed by atoms with Gasteiger partial charge in [0.2, 0.25) is 0 Å². The first-order valence-electron chi connectivity index (χ1n) is 7.82. The molecule has 0 saturated heterocycles. The minimum atomic E-state index is -0.113. The molecule has 1 aromatic rings. The Morgan fingerprint density at radius 3 is 2.38 bits per heavy atom. The lowest BCUT2D eigenvalue weighted by atomic mass is 9.55. The zero-order valence-electron chi connectivity index (χ0n) is 11.9. The summed E-state index contributed by atoms with van der Waals surface area (Å²) in [5, 5.41) is 4.53. The van der Waals surface area contributed by atoms with Gasteiger partial charge in [0, 0.05) is 15.7 Å². The van der Waals surface area contributed by atoms with Gasteiger partial charge in [0.15, 0.2) is 0 Å². The fourth-order valence-corrected chi connectivity index (χ4v) is 5.06. The van der Waals surface area contributed by atoms with E-state index in [0.717, 1.165) is 16.3 Å². The van der Waals surface area contributed by atoms with Gasteiger partial charge >= 0.3 is 0 Å². The molecule has 110 valence electrons. The molecule has 0 radical (unpaired) electrons. The van der Waals surface area contributed by atoms with Crippen LogP contribution in [0.2, 0.25) is 0 Å². The SMILES string of the molecule is O=C(NN=C1C2CC3CC(C2)CC1C3)c1cccc(Br)c1. The van der Waals surface area contributed by atoms with Gasteiger partial charge in [-0.2, -0.15) is 5.10 Å². The van der Waals surface area contributed by atoms with E-state index < -0.39 is 0 Å². The number of hydrazone groups is 1. The Bertz CT molecular complexity index is 581. The zero-order valence-corrected chi connectivity index (χ0v) is 13.5. The largest absolute Gasteiger partial charge is 0.271 e. The van der Waals surface area contributed by atoms with Crippen molar-refractivity contribution in [2.24, 2.45) is 28.8 Å². The number of nitrogens with one attached hydrogen (secondary N) is 1. The van der Waals surface area contributed by atoms with Crippen LogP contribution in [-0.2, 0) is 0 Å². The molecular formula is C17H19BrN2O. The van der Waals surface area contributed by atoms with Crippen molar-refractivity contribution < 1.29 is 4.79 Å². The smallest absolute Gasteiger partial charge is 0.267 e. The van der Waals surface area contributed by atoms with Gasteiger partial charge in [-0.25, -0.2) is 5.43 Å². The number of hydrogen-bond donors (Lipinski definition) is 1. The first-order chi connectivity index (χ1) is 10.2. The standard InChI is InChI=1S/C17H19BrN2O/c18-15-3-1-2-12(9-15)17(21)20-19-16-13-5-10-4-11(7-13)8-14(16)6-10/h1-3,9-11,13-14H,4-8H2,(H,20,21). The average Bonchev–Trinajstić information content (AvgIpc) is 2.45. The fraction of sp³-hybridized carbons (Fsp3) is 0.529. The molecule has 0 aliphatic heterocycles. The second kappa shape index (κ2) is 5.24. The topological polar surface area (TPSA) is 41.5 Å². The van der Waals surface area contributed by atoms with E-state index in [1.165, 1.54) is 37.8 Å². The van der Waals surface area contributed by atoms with Crippen molar-refractivity contribution >= 4 is 27.5 Å². The van der Waals surface area contributed by atoms with Crippen LogP contribution in [0.5, 0.6) is 0 Å². The second-order valence-electron chi connectivity index (χ2n) is 6.79. The van der Waals surface area contributed by atoms with E-state index in [-0.39, 0.29) is 5.91 Å². The molecule has 1 aromatic carbocycles. The van der Waals surface area contributed by atoms with Crippen LogP contribution in [0, 0.1) is 23.7 Å². The number of carbonyl (C=O) groups excluding carboxylic acids is 1. The average molecular weight is 347 g/mol. The third kappa shape index (κ3) is 2.54. The molecule has 5 rings (SSSR count). The first kappa shape index (κ1) is 13.5. The molecule has 4 aliphatic carbocycles. The van der Waals surface area contributed by atoms with E-state index in [1.807, 2.05) is 24.3 Å². The Morgan fingerprint density at radius 2 is 1.76 bits per heavy atom. The Morgan fingerprint density at radius 1 is 1.10 bits per heavy atom. The fourth-order valence-electron chi connectivity index (χ4n) is 4.66. The number of amides is 1. The van der Waals surface area contributed by atoms with E-state index in [1.54, 1.807) is 0 Å². The summed E-state index contributed by atoms with van der Waals surface area (Å²) in [6, 6.07) is 7.43. The van der Waals surface area contributed by atoms with Crippen molar-refractivity contribution in [3.63, 3.8) is 0 Å². The van der Waals surface area contributed by atoms with E-state index >= 15 is 0 Å². The van der Waals surface area contributed by atoms with E-state index in [9.17, 15) is 4.79 Å². The van der Waals surface area contributed by atoms with Gasteiger partial charge in [0.1, 0.15) is 0 Å². The summed E-state index contributed by atoms with van der Waals surface area (Å²) in [4.78, 5) is 12.2. The monoisotopic (exact) mass is 346 g/mol. The molecule has 0 unspecified atom stereocenters. The lowest BCUT2D eigenvalue weighted by Crippen LogP contribution is -2.46. The molecular weight excluding hydrogens is 328 g/mol. The highest BCUT2D eigenvalue weighted by molar-refractivity contribution is 9.10. The lowest BCUT2D eigenvalue weighted by molar-refractivity contribution is 0.0942. The summed E-state index contributed by atoms with van der Waals surface area (Å²) in [7, 11) is 0. The van der Waals surface area contributed by atoms with Gasteiger partial charge < -0.3 is 0 Å². The molecule has 0 spiro atoms. The Labute approximate surface area is 133 Å². The van der Waals surface area contributed by atoms with Crippen LogP contribution < -0.4 is 5.43 Å². The van der Waals surface area contributed by atoms with Gasteiger partial charge in [0.05, 0.1) is 0 Å². The molecule has 4 aliphatic rings. The Balaban J connectivity index is 1.49. The molecule has 1 amide bonds. The van der Waals surface area contributed by atoms with Gasteiger partial charge in [-0.15, -0.1) is 0 Å². The predicted octanol–water partition coefficient (Wildman–Crippen LogP) is 3.99. The van der Waals surface area contributed by atoms with Crippen LogP contribution in [0.3, 0.4) is 0 Å². The third-order valence-electron chi connectivity index (χ3n) is 5.35. The van der Waals surface area contributed by atoms with Crippen molar-refractivity contribution in [2.75, 3.05) is 0 Å². The van der Waals surface area contributed by atoms with Crippen LogP contribution in [0.1, 0.15) is 42.5 Å². The molecule has 21 heavy (non-hydrogen) atoms. The van der Waals surface area contributed by atoms with E-state index in [2.05, 4.69) is 26.5 Å². The highest BCUT2D eigenvalue weighted by atomic mass is 79.9. The van der Waals surface area contributed by atoms with Gasteiger partial charge in [0.25, 0.3) is 5.91 Å². The molecule has 1 N–H and O–H groups in total. The Hall–Kier alpha value is -1.16. The second-order valence-corrected chi connectivity index (χ2v) is 7.71. The number of nitrogens with zero attached hydrogens (tertiary/aromatic N) is 1. The number of halogens is 1. The van der Waals surface area contributed by atoms with Gasteiger partial charge in [-0.05, 0) is 74.0 Å². The molecule has 0 aromatic heterocycles. The summed E-state index contributed by atoms with van der Waals surface area (Å²) in [6.45, 7) is 0. The van der Waals surface area contributed by atoms with Gasteiger partial charge in [-0.1, -0.05) is 22.0 Å². The maximum Gasteiger partial charge on any atom is 0.271 e. The third-order valence-corrected chi connectivity index (χ3v) is 5.84. The quantitative estimate of drug-likeness (QED) is 0.808. The molecule has 4 fully saturated rings. The van der Waals surface area contributed by atoms with Crippen molar-refractivity contribution in [3.8, 4) is 0 Å². The molecule has 0 heterocycles.